The van der Waals surface area contributed by atoms with Gasteiger partial charge in [-0.3, -0.25) is 4.79 Å². The van der Waals surface area contributed by atoms with Gasteiger partial charge in [0.2, 0.25) is 15.9 Å². The summed E-state index contributed by atoms with van der Waals surface area (Å²) in [5.74, 6) is -0.370. The van der Waals surface area contributed by atoms with Gasteiger partial charge in [-0.25, -0.2) is 8.42 Å². The fourth-order valence-electron chi connectivity index (χ4n) is 2.30. The fourth-order valence-corrected chi connectivity index (χ4v) is 3.97. The first-order chi connectivity index (χ1) is 11.7. The van der Waals surface area contributed by atoms with Gasteiger partial charge >= 0.3 is 0 Å². The molecule has 5 nitrogen and oxygen atoms in total. The van der Waals surface area contributed by atoms with Gasteiger partial charge in [0.15, 0.2) is 0 Å². The molecule has 0 saturated carbocycles. The topological polar surface area (TPSA) is 66.5 Å². The van der Waals surface area contributed by atoms with Crippen molar-refractivity contribution in [1.29, 1.82) is 0 Å². The third kappa shape index (κ3) is 4.90. The van der Waals surface area contributed by atoms with Crippen LogP contribution in [0.2, 0.25) is 0 Å². The van der Waals surface area contributed by atoms with E-state index in [1.807, 2.05) is 26.0 Å². The number of benzene rings is 2. The van der Waals surface area contributed by atoms with Crippen molar-refractivity contribution in [2.45, 2.75) is 25.7 Å². The van der Waals surface area contributed by atoms with Crippen molar-refractivity contribution in [1.82, 2.24) is 4.31 Å². The van der Waals surface area contributed by atoms with Gasteiger partial charge in [0.25, 0.3) is 0 Å². The molecule has 2 rings (SSSR count). The number of aryl methyl sites for hydroxylation is 2. The van der Waals surface area contributed by atoms with E-state index in [-0.39, 0.29) is 23.9 Å². The summed E-state index contributed by atoms with van der Waals surface area (Å²) in [5, 5.41) is 2.75. The zero-order chi connectivity index (χ0) is 18.6. The van der Waals surface area contributed by atoms with E-state index in [1.54, 1.807) is 25.1 Å². The van der Waals surface area contributed by atoms with Gasteiger partial charge in [0, 0.05) is 16.7 Å². The summed E-state index contributed by atoms with van der Waals surface area (Å²) in [6.45, 7) is 5.63. The molecule has 0 spiro atoms. The second kappa shape index (κ2) is 8.12. The molecule has 7 heteroatoms. The first-order valence-electron chi connectivity index (χ1n) is 7.87. The Morgan fingerprint density at radius 1 is 1.08 bits per heavy atom. The highest BCUT2D eigenvalue weighted by atomic mass is 79.9. The van der Waals surface area contributed by atoms with E-state index in [1.165, 1.54) is 12.1 Å². The first kappa shape index (κ1) is 19.6. The molecular weight excluding hydrogens is 404 g/mol. The van der Waals surface area contributed by atoms with Crippen LogP contribution < -0.4 is 5.32 Å². The van der Waals surface area contributed by atoms with Gasteiger partial charge in [-0.1, -0.05) is 28.9 Å². The molecule has 1 N–H and O–H groups in total. The van der Waals surface area contributed by atoms with Crippen LogP contribution in [0.5, 0.6) is 0 Å². The fraction of sp³-hybridized carbons (Fsp3) is 0.278. The summed E-state index contributed by atoms with van der Waals surface area (Å²) in [6, 6.07) is 12.0. The molecule has 134 valence electrons. The molecule has 0 heterocycles. The van der Waals surface area contributed by atoms with Crippen molar-refractivity contribution in [3.63, 3.8) is 0 Å². The number of carbonyl (C=O) groups excluding carboxylic acids is 1. The highest BCUT2D eigenvalue weighted by Crippen LogP contribution is 2.19. The highest BCUT2D eigenvalue weighted by Gasteiger charge is 2.25. The highest BCUT2D eigenvalue weighted by molar-refractivity contribution is 9.10. The normalized spacial score (nSPS) is 11.6. The molecule has 0 unspecified atom stereocenters. The van der Waals surface area contributed by atoms with E-state index >= 15 is 0 Å². The lowest BCUT2D eigenvalue weighted by Crippen LogP contribution is -2.37. The Bertz CT molecular complexity index is 864. The number of carbonyl (C=O) groups is 1. The Hall–Kier alpha value is -1.70. The summed E-state index contributed by atoms with van der Waals surface area (Å²) < 4.78 is 27.3. The van der Waals surface area contributed by atoms with Gasteiger partial charge in [0.05, 0.1) is 11.4 Å². The molecule has 0 aliphatic carbocycles. The molecule has 0 fully saturated rings. The molecule has 0 saturated heterocycles. The van der Waals surface area contributed by atoms with E-state index in [9.17, 15) is 13.2 Å². The molecule has 2 aromatic rings. The summed E-state index contributed by atoms with van der Waals surface area (Å²) in [4.78, 5) is 12.4. The van der Waals surface area contributed by atoms with E-state index < -0.39 is 10.0 Å². The van der Waals surface area contributed by atoms with Crippen LogP contribution >= 0.6 is 15.9 Å². The molecule has 25 heavy (non-hydrogen) atoms. The summed E-state index contributed by atoms with van der Waals surface area (Å²) in [7, 11) is -3.72. The molecular formula is C18H21BrN2O3S. The Labute approximate surface area is 157 Å². The van der Waals surface area contributed by atoms with Gasteiger partial charge in [0.1, 0.15) is 0 Å². The molecule has 0 radical (unpaired) electrons. The van der Waals surface area contributed by atoms with E-state index in [4.69, 9.17) is 0 Å². The van der Waals surface area contributed by atoms with Gasteiger partial charge < -0.3 is 5.32 Å². The number of likely N-dealkylation sites (N-methyl/N-ethyl adjacent to an activating group) is 1. The maximum absolute atomic E-state index is 12.7. The Kier molecular flexibility index (Phi) is 6.37. The molecule has 0 bridgehead atoms. The zero-order valence-electron chi connectivity index (χ0n) is 14.4. The summed E-state index contributed by atoms with van der Waals surface area (Å²) >= 11 is 3.28. The summed E-state index contributed by atoms with van der Waals surface area (Å²) in [6.07, 6.45) is 0. The second-order valence-electron chi connectivity index (χ2n) is 5.73. The third-order valence-electron chi connectivity index (χ3n) is 3.91. The lowest BCUT2D eigenvalue weighted by atomic mass is 10.1. The molecule has 0 aliphatic rings. The van der Waals surface area contributed by atoms with Crippen LogP contribution in [0.4, 0.5) is 5.69 Å². The minimum absolute atomic E-state index is 0.163. The first-order valence-corrected chi connectivity index (χ1v) is 10.1. The SMILES string of the molecule is CCN(CC(=O)Nc1ccc(C)c(C)c1)S(=O)(=O)c1ccc(Br)cc1. The number of anilines is 1. The van der Waals surface area contributed by atoms with Crippen LogP contribution in [-0.4, -0.2) is 31.7 Å². The lowest BCUT2D eigenvalue weighted by Gasteiger charge is -2.20. The van der Waals surface area contributed by atoms with Crippen molar-refractivity contribution >= 4 is 37.5 Å². The Balaban J connectivity index is 2.13. The van der Waals surface area contributed by atoms with E-state index in [0.717, 1.165) is 19.9 Å². The summed E-state index contributed by atoms with van der Waals surface area (Å²) in [5.41, 5.74) is 2.85. The number of nitrogens with zero attached hydrogens (tertiary/aromatic N) is 1. The molecule has 0 aliphatic heterocycles. The van der Waals surface area contributed by atoms with Crippen molar-refractivity contribution in [3.05, 3.63) is 58.1 Å². The van der Waals surface area contributed by atoms with Crippen LogP contribution in [0.3, 0.4) is 0 Å². The van der Waals surface area contributed by atoms with E-state index in [0.29, 0.717) is 5.69 Å². The van der Waals surface area contributed by atoms with Gasteiger partial charge in [-0.2, -0.15) is 4.31 Å². The molecule has 0 aromatic heterocycles. The Morgan fingerprint density at radius 2 is 1.72 bits per heavy atom. The van der Waals surface area contributed by atoms with E-state index in [2.05, 4.69) is 21.2 Å². The Morgan fingerprint density at radius 3 is 2.28 bits per heavy atom. The third-order valence-corrected chi connectivity index (χ3v) is 6.38. The van der Waals surface area contributed by atoms with Crippen LogP contribution in [0.25, 0.3) is 0 Å². The largest absolute Gasteiger partial charge is 0.325 e. The minimum atomic E-state index is -3.72. The number of nitrogens with one attached hydrogen (secondary N) is 1. The van der Waals surface area contributed by atoms with Crippen molar-refractivity contribution in [3.8, 4) is 0 Å². The van der Waals surface area contributed by atoms with Crippen LogP contribution in [0, 0.1) is 13.8 Å². The van der Waals surface area contributed by atoms with Crippen LogP contribution in [0.1, 0.15) is 18.1 Å². The number of rotatable bonds is 6. The number of sulfonamides is 1. The lowest BCUT2D eigenvalue weighted by molar-refractivity contribution is -0.116. The maximum atomic E-state index is 12.7. The average Bonchev–Trinajstić information content (AvgIpc) is 2.56. The zero-order valence-corrected chi connectivity index (χ0v) is 16.8. The van der Waals surface area contributed by atoms with Crippen molar-refractivity contribution in [2.24, 2.45) is 0 Å². The van der Waals surface area contributed by atoms with Crippen LogP contribution in [0.15, 0.2) is 51.8 Å². The standard InChI is InChI=1S/C18H21BrN2O3S/c1-4-21(25(23,24)17-9-6-15(19)7-10-17)12-18(22)20-16-8-5-13(2)14(3)11-16/h5-11H,4,12H2,1-3H3,(H,20,22). The monoisotopic (exact) mass is 424 g/mol. The van der Waals surface area contributed by atoms with Gasteiger partial charge in [-0.05, 0) is 61.4 Å². The van der Waals surface area contributed by atoms with Crippen LogP contribution in [-0.2, 0) is 14.8 Å². The number of halogens is 1. The molecule has 0 atom stereocenters. The van der Waals surface area contributed by atoms with Crippen molar-refractivity contribution in [2.75, 3.05) is 18.4 Å². The second-order valence-corrected chi connectivity index (χ2v) is 8.59. The predicted molar refractivity (Wildman–Crippen MR) is 103 cm³/mol. The van der Waals surface area contributed by atoms with Crippen molar-refractivity contribution < 1.29 is 13.2 Å². The number of hydrogen-bond donors (Lipinski definition) is 1. The molecule has 1 amide bonds. The van der Waals surface area contributed by atoms with Gasteiger partial charge in [-0.15, -0.1) is 0 Å². The molecule has 2 aromatic carbocycles. The number of hydrogen-bond acceptors (Lipinski definition) is 3. The predicted octanol–water partition coefficient (Wildman–Crippen LogP) is 3.72. The average molecular weight is 425 g/mol. The smallest absolute Gasteiger partial charge is 0.243 e. The minimum Gasteiger partial charge on any atom is -0.325 e. The maximum Gasteiger partial charge on any atom is 0.243 e. The quantitative estimate of drug-likeness (QED) is 0.767. The number of amides is 1.